The lowest BCUT2D eigenvalue weighted by molar-refractivity contribution is 0.578. The molecule has 0 saturated heterocycles. The van der Waals surface area contributed by atoms with Crippen LogP contribution < -0.4 is 0 Å². The molecule has 0 bridgehead atoms. The summed E-state index contributed by atoms with van der Waals surface area (Å²) in [6, 6.07) is 0. The van der Waals surface area contributed by atoms with Crippen LogP contribution in [0.2, 0.25) is 0 Å². The molecule has 13 heavy (non-hydrogen) atoms. The highest BCUT2D eigenvalue weighted by Crippen LogP contribution is 2.51. The highest BCUT2D eigenvalue weighted by atomic mass is 35.7. The summed E-state index contributed by atoms with van der Waals surface area (Å²) in [6.07, 6.45) is 8.80. The highest BCUT2D eigenvalue weighted by molar-refractivity contribution is 7.89. The summed E-state index contributed by atoms with van der Waals surface area (Å²) in [5.41, 5.74) is 0. The van der Waals surface area contributed by atoms with Gasteiger partial charge in [-0.05, 0) is 6.42 Å². The zero-order chi connectivity index (χ0) is 10.2. The van der Waals surface area contributed by atoms with Crippen LogP contribution in [-0.2, 0) is 4.57 Å². The van der Waals surface area contributed by atoms with Crippen LogP contribution in [0.1, 0.15) is 52.4 Å². The Kier molecular flexibility index (Phi) is 8.20. The summed E-state index contributed by atoms with van der Waals surface area (Å²) in [7, 11) is 0. The second-order valence-corrected chi connectivity index (χ2v) is 8.11. The van der Waals surface area contributed by atoms with Gasteiger partial charge in [0.2, 0.25) is 0 Å². The maximum Gasteiger partial charge on any atom is 0.169 e. The van der Waals surface area contributed by atoms with E-state index in [0.717, 1.165) is 12.6 Å². The summed E-state index contributed by atoms with van der Waals surface area (Å²) in [6.45, 7) is 1.86. The highest BCUT2D eigenvalue weighted by Gasteiger charge is 2.13. The molecular weight excluding hydrogens is 203 g/mol. The van der Waals surface area contributed by atoms with Crippen LogP contribution in [0.4, 0.5) is 0 Å². The SMILES string of the molecule is CCCCCCCC[P@](=O)(Cl)CC. The van der Waals surface area contributed by atoms with Crippen molar-refractivity contribution in [3.63, 3.8) is 0 Å². The van der Waals surface area contributed by atoms with E-state index in [1.165, 1.54) is 32.1 Å². The Morgan fingerprint density at radius 2 is 1.54 bits per heavy atom. The van der Waals surface area contributed by atoms with Crippen LogP contribution in [0.15, 0.2) is 0 Å². The van der Waals surface area contributed by atoms with Gasteiger partial charge in [-0.1, -0.05) is 57.2 Å². The van der Waals surface area contributed by atoms with Gasteiger partial charge in [0, 0.05) is 12.3 Å². The molecule has 0 aliphatic heterocycles. The normalized spacial score (nSPS) is 15.6. The van der Waals surface area contributed by atoms with Crippen molar-refractivity contribution in [3.8, 4) is 0 Å². The van der Waals surface area contributed by atoms with Gasteiger partial charge in [0.25, 0.3) is 0 Å². The summed E-state index contributed by atoms with van der Waals surface area (Å²) in [5, 5.41) is 0. The third-order valence-electron chi connectivity index (χ3n) is 2.32. The Bertz CT molecular complexity index is 159. The van der Waals surface area contributed by atoms with E-state index in [2.05, 4.69) is 6.92 Å². The van der Waals surface area contributed by atoms with Gasteiger partial charge in [-0.3, -0.25) is 0 Å². The maximum atomic E-state index is 11.4. The molecule has 0 aliphatic carbocycles. The molecule has 80 valence electrons. The first-order chi connectivity index (χ1) is 6.12. The fourth-order valence-electron chi connectivity index (χ4n) is 1.29. The molecule has 0 rings (SSSR count). The number of hydrogen-bond donors (Lipinski definition) is 0. The molecular formula is C10H22ClOP. The minimum Gasteiger partial charge on any atom is -0.307 e. The Morgan fingerprint density at radius 1 is 1.00 bits per heavy atom. The molecule has 1 nitrogen and oxygen atoms in total. The van der Waals surface area contributed by atoms with Crippen LogP contribution in [0.3, 0.4) is 0 Å². The summed E-state index contributed by atoms with van der Waals surface area (Å²) in [4.78, 5) is 0. The molecule has 0 unspecified atom stereocenters. The van der Waals surface area contributed by atoms with E-state index >= 15 is 0 Å². The lowest BCUT2D eigenvalue weighted by atomic mass is 10.1. The van der Waals surface area contributed by atoms with Crippen molar-refractivity contribution in [1.82, 2.24) is 0 Å². The molecule has 0 fully saturated rings. The maximum absolute atomic E-state index is 11.4. The van der Waals surface area contributed by atoms with E-state index in [9.17, 15) is 4.57 Å². The zero-order valence-corrected chi connectivity index (χ0v) is 10.5. The van der Waals surface area contributed by atoms with Gasteiger partial charge < -0.3 is 4.57 Å². The number of rotatable bonds is 8. The summed E-state index contributed by atoms with van der Waals surface area (Å²) < 4.78 is 11.4. The predicted molar refractivity (Wildman–Crippen MR) is 62.2 cm³/mol. The Balaban J connectivity index is 3.21. The average molecular weight is 225 g/mol. The van der Waals surface area contributed by atoms with Crippen LogP contribution in [0, 0.1) is 0 Å². The third-order valence-corrected chi connectivity index (χ3v) is 5.47. The van der Waals surface area contributed by atoms with Gasteiger partial charge in [0.15, 0.2) is 6.49 Å². The topological polar surface area (TPSA) is 17.1 Å². The molecule has 0 spiro atoms. The quantitative estimate of drug-likeness (QED) is 0.424. The van der Waals surface area contributed by atoms with Crippen LogP contribution in [0.25, 0.3) is 0 Å². The first-order valence-corrected chi connectivity index (χ1v) is 8.38. The Labute approximate surface area is 87.4 Å². The van der Waals surface area contributed by atoms with E-state index in [0.29, 0.717) is 6.16 Å². The third kappa shape index (κ3) is 8.84. The van der Waals surface area contributed by atoms with Crippen molar-refractivity contribution in [2.45, 2.75) is 52.4 Å². The van der Waals surface area contributed by atoms with Crippen LogP contribution in [-0.4, -0.2) is 12.3 Å². The molecule has 0 saturated carbocycles. The predicted octanol–water partition coefficient (Wildman–Crippen LogP) is 4.88. The molecule has 0 aromatic rings. The van der Waals surface area contributed by atoms with Crippen molar-refractivity contribution >= 4 is 17.7 Å². The molecule has 0 aromatic heterocycles. The molecule has 1 atom stereocenters. The second kappa shape index (κ2) is 7.88. The lowest BCUT2D eigenvalue weighted by Gasteiger charge is -2.06. The fourth-order valence-corrected chi connectivity index (χ4v) is 2.66. The van der Waals surface area contributed by atoms with E-state index in [4.69, 9.17) is 11.2 Å². The van der Waals surface area contributed by atoms with Gasteiger partial charge in [-0.15, -0.1) is 0 Å². The second-order valence-electron chi connectivity index (χ2n) is 3.60. The van der Waals surface area contributed by atoms with E-state index in [-0.39, 0.29) is 0 Å². The smallest absolute Gasteiger partial charge is 0.169 e. The van der Waals surface area contributed by atoms with E-state index in [1.807, 2.05) is 6.92 Å². The first kappa shape index (κ1) is 13.5. The molecule has 0 aliphatic rings. The molecule has 0 N–H and O–H groups in total. The molecule has 0 heterocycles. The van der Waals surface area contributed by atoms with Gasteiger partial charge >= 0.3 is 0 Å². The molecule has 0 aromatic carbocycles. The minimum atomic E-state index is -2.26. The van der Waals surface area contributed by atoms with Gasteiger partial charge in [-0.25, -0.2) is 0 Å². The molecule has 0 amide bonds. The van der Waals surface area contributed by atoms with E-state index < -0.39 is 6.49 Å². The van der Waals surface area contributed by atoms with Crippen molar-refractivity contribution in [2.24, 2.45) is 0 Å². The summed E-state index contributed by atoms with van der Waals surface area (Å²) >= 11 is 5.82. The van der Waals surface area contributed by atoms with Gasteiger partial charge in [0.05, 0.1) is 0 Å². The number of hydrogen-bond acceptors (Lipinski definition) is 1. The Morgan fingerprint density at radius 3 is 2.08 bits per heavy atom. The van der Waals surface area contributed by atoms with Crippen molar-refractivity contribution < 1.29 is 4.57 Å². The zero-order valence-electron chi connectivity index (χ0n) is 8.89. The summed E-state index contributed by atoms with van der Waals surface area (Å²) in [5.74, 6) is 0. The number of halogens is 1. The van der Waals surface area contributed by atoms with Crippen molar-refractivity contribution in [1.29, 1.82) is 0 Å². The van der Waals surface area contributed by atoms with Crippen molar-refractivity contribution in [2.75, 3.05) is 12.3 Å². The van der Waals surface area contributed by atoms with Crippen molar-refractivity contribution in [3.05, 3.63) is 0 Å². The van der Waals surface area contributed by atoms with Crippen LogP contribution >= 0.6 is 17.7 Å². The first-order valence-electron chi connectivity index (χ1n) is 5.40. The lowest BCUT2D eigenvalue weighted by Crippen LogP contribution is -1.87. The number of unbranched alkanes of at least 4 members (excludes halogenated alkanes) is 5. The largest absolute Gasteiger partial charge is 0.307 e. The monoisotopic (exact) mass is 224 g/mol. The van der Waals surface area contributed by atoms with E-state index in [1.54, 1.807) is 0 Å². The molecule has 0 radical (unpaired) electrons. The average Bonchev–Trinajstić information content (AvgIpc) is 2.11. The van der Waals surface area contributed by atoms with Crippen LogP contribution in [0.5, 0.6) is 0 Å². The Hall–Kier alpha value is 0.520. The van der Waals surface area contributed by atoms with Gasteiger partial charge in [-0.2, -0.15) is 0 Å². The standard InChI is InChI=1S/C10H22ClOP/c1-3-5-6-7-8-9-10-13(11,12)4-2/h3-10H2,1-2H3/t13-/m0/s1. The van der Waals surface area contributed by atoms with Gasteiger partial charge in [0.1, 0.15) is 0 Å². The molecule has 3 heteroatoms. The fraction of sp³-hybridized carbons (Fsp3) is 1.00. The minimum absolute atomic E-state index is 0.642.